The van der Waals surface area contributed by atoms with Gasteiger partial charge in [-0.2, -0.15) is 0 Å². The quantitative estimate of drug-likeness (QED) is 0.146. The minimum absolute atomic E-state index is 0.215. The number of unbranched alkanes of at least 4 members (excludes halogenated alkanes) is 5. The van der Waals surface area contributed by atoms with Crippen molar-refractivity contribution in [1.82, 2.24) is 14.3 Å². The molecule has 1 N–H and O–H groups in total. The summed E-state index contributed by atoms with van der Waals surface area (Å²) in [5, 5.41) is 7.62. The molecule has 0 amide bonds. The van der Waals surface area contributed by atoms with Crippen molar-refractivity contribution in [1.29, 1.82) is 0 Å². The maximum atomic E-state index is 13.2. The molecule has 42 heavy (non-hydrogen) atoms. The summed E-state index contributed by atoms with van der Waals surface area (Å²) in [5.74, 6) is 0.720. The molecule has 3 aromatic rings. The van der Waals surface area contributed by atoms with Gasteiger partial charge < -0.3 is 14.8 Å². The molecule has 2 aromatic carbocycles. The lowest BCUT2D eigenvalue weighted by Crippen LogP contribution is -2.43. The third kappa shape index (κ3) is 10.8. The molecule has 0 aliphatic rings. The molecule has 1 aromatic heterocycles. The maximum absolute atomic E-state index is 13.2. The number of rotatable bonds is 19. The van der Waals surface area contributed by atoms with Crippen molar-refractivity contribution in [3.63, 3.8) is 0 Å². The van der Waals surface area contributed by atoms with Crippen LogP contribution < -0.4 is 21.3 Å². The van der Waals surface area contributed by atoms with E-state index in [2.05, 4.69) is 23.4 Å². The van der Waals surface area contributed by atoms with Crippen molar-refractivity contribution in [2.45, 2.75) is 97.8 Å². The van der Waals surface area contributed by atoms with Crippen LogP contribution in [0.25, 0.3) is 0 Å². The molecule has 0 saturated carbocycles. The maximum Gasteiger partial charge on any atom is 0.347 e. The minimum atomic E-state index is -0.371. The molecule has 3 rings (SSSR count). The lowest BCUT2D eigenvalue weighted by Gasteiger charge is -2.15. The smallest absolute Gasteiger partial charge is 0.347 e. The van der Waals surface area contributed by atoms with Gasteiger partial charge in [0, 0.05) is 19.5 Å². The zero-order chi connectivity index (χ0) is 30.2. The van der Waals surface area contributed by atoms with Gasteiger partial charge in [-0.25, -0.2) is 9.48 Å². The van der Waals surface area contributed by atoms with Crippen molar-refractivity contribution in [2.75, 3.05) is 18.5 Å². The van der Waals surface area contributed by atoms with Gasteiger partial charge in [-0.15, -0.1) is 5.10 Å². The average molecular weight is 579 g/mol. The van der Waals surface area contributed by atoms with Gasteiger partial charge in [0.25, 0.3) is 5.56 Å². The van der Waals surface area contributed by atoms with Crippen LogP contribution in [0.1, 0.15) is 83.3 Å². The summed E-state index contributed by atoms with van der Waals surface area (Å²) in [6.45, 7) is 7.29. The van der Waals surface area contributed by atoms with E-state index in [1.165, 1.54) is 9.25 Å². The first-order valence-corrected chi connectivity index (χ1v) is 15.3. The lowest BCUT2D eigenvalue weighted by molar-refractivity contribution is -0.145. The molecule has 0 fully saturated rings. The lowest BCUT2D eigenvalue weighted by atomic mass is 10.1. The Kier molecular flexibility index (Phi) is 13.9. The van der Waals surface area contributed by atoms with E-state index < -0.39 is 0 Å². The molecule has 0 aliphatic carbocycles. The van der Waals surface area contributed by atoms with E-state index in [1.807, 2.05) is 55.5 Å². The number of aryl methyl sites for hydroxylation is 1. The second kappa shape index (κ2) is 17.8. The van der Waals surface area contributed by atoms with E-state index in [1.54, 1.807) is 6.92 Å². The van der Waals surface area contributed by atoms with E-state index in [0.717, 1.165) is 68.2 Å². The molecule has 9 heteroatoms. The van der Waals surface area contributed by atoms with E-state index in [9.17, 15) is 14.4 Å². The third-order valence-corrected chi connectivity index (χ3v) is 6.97. The van der Waals surface area contributed by atoms with E-state index in [4.69, 9.17) is 9.47 Å². The molecule has 0 aliphatic heterocycles. The Balaban J connectivity index is 1.57. The van der Waals surface area contributed by atoms with Crippen LogP contribution in [0, 0.1) is 0 Å². The highest BCUT2D eigenvalue weighted by molar-refractivity contribution is 5.68. The summed E-state index contributed by atoms with van der Waals surface area (Å²) >= 11 is 0. The molecular weight excluding hydrogens is 532 g/mol. The largest absolute Gasteiger partial charge is 0.487 e. The van der Waals surface area contributed by atoms with E-state index in [-0.39, 0.29) is 35.7 Å². The number of anilines is 1. The Hall–Kier alpha value is -3.88. The first-order chi connectivity index (χ1) is 20.4. The van der Waals surface area contributed by atoms with Gasteiger partial charge in [0.2, 0.25) is 5.82 Å². The normalized spacial score (nSPS) is 11.7. The van der Waals surface area contributed by atoms with Gasteiger partial charge in [0.15, 0.2) is 0 Å². The molecule has 0 bridgehead atoms. The monoisotopic (exact) mass is 578 g/mol. The Labute approximate surface area is 248 Å². The SMILES string of the molecule is CCCCCCCn1c(=O)c(NCCCCc2cccc(OC(C)COC(=O)CC)c2)nn(Cc2ccccc2)c1=O. The number of benzene rings is 2. The van der Waals surface area contributed by atoms with E-state index >= 15 is 0 Å². The molecule has 1 atom stereocenters. The number of ether oxygens (including phenoxy) is 2. The molecule has 0 spiro atoms. The Bertz CT molecular complexity index is 1350. The fourth-order valence-corrected chi connectivity index (χ4v) is 4.62. The van der Waals surface area contributed by atoms with Gasteiger partial charge in [-0.1, -0.05) is 82.0 Å². The number of nitrogens with one attached hydrogen (secondary N) is 1. The van der Waals surface area contributed by atoms with Crippen molar-refractivity contribution >= 4 is 11.8 Å². The molecule has 9 nitrogen and oxygen atoms in total. The van der Waals surface area contributed by atoms with Gasteiger partial charge >= 0.3 is 11.7 Å². The predicted octanol–water partition coefficient (Wildman–Crippen LogP) is 5.58. The predicted molar refractivity (Wildman–Crippen MR) is 166 cm³/mol. The highest BCUT2D eigenvalue weighted by atomic mass is 16.6. The van der Waals surface area contributed by atoms with Crippen molar-refractivity contribution in [3.8, 4) is 5.75 Å². The molecule has 0 radical (unpaired) electrons. The summed E-state index contributed by atoms with van der Waals surface area (Å²) in [7, 11) is 0. The standard InChI is InChI=1S/C33H46N4O5/c1-4-6-7-8-14-22-36-32(39)31(35-37(33(36)40)24-28-17-10-9-11-18-28)34-21-13-12-16-27-19-15-20-29(23-27)42-26(3)25-41-30(38)5-2/h9-11,15,17-20,23,26H,4-8,12-14,16,21-22,24-25H2,1-3H3,(H,34,35). The van der Waals surface area contributed by atoms with Crippen LogP contribution in [0.5, 0.6) is 5.75 Å². The summed E-state index contributed by atoms with van der Waals surface area (Å²) in [6.07, 6.45) is 7.85. The van der Waals surface area contributed by atoms with E-state index in [0.29, 0.717) is 26.1 Å². The topological polar surface area (TPSA) is 104 Å². The average Bonchev–Trinajstić information content (AvgIpc) is 3.00. The molecular formula is C33H46N4O5. The van der Waals surface area contributed by atoms with Gasteiger partial charge in [-0.05, 0) is 55.9 Å². The molecule has 228 valence electrons. The number of hydrogen-bond donors (Lipinski definition) is 1. The van der Waals surface area contributed by atoms with Crippen molar-refractivity contribution < 1.29 is 14.3 Å². The van der Waals surface area contributed by atoms with Crippen LogP contribution in [0.15, 0.2) is 64.2 Å². The number of hydrogen-bond acceptors (Lipinski definition) is 7. The summed E-state index contributed by atoms with van der Waals surface area (Å²) < 4.78 is 13.8. The van der Waals surface area contributed by atoms with Crippen LogP contribution in [0.2, 0.25) is 0 Å². The molecule has 1 unspecified atom stereocenters. The number of nitrogens with zero attached hydrogens (tertiary/aromatic N) is 3. The first kappa shape index (κ1) is 32.6. The van der Waals surface area contributed by atoms with Crippen LogP contribution >= 0.6 is 0 Å². The van der Waals surface area contributed by atoms with Crippen LogP contribution in [-0.2, 0) is 29.0 Å². The third-order valence-electron chi connectivity index (χ3n) is 6.97. The number of esters is 1. The fourth-order valence-electron chi connectivity index (χ4n) is 4.62. The Morgan fingerprint density at radius 2 is 1.69 bits per heavy atom. The number of carbonyl (C=O) groups excluding carboxylic acids is 1. The zero-order valence-corrected chi connectivity index (χ0v) is 25.3. The van der Waals surface area contributed by atoms with Gasteiger partial charge in [0.05, 0.1) is 6.54 Å². The van der Waals surface area contributed by atoms with Crippen LogP contribution in [-0.4, -0.2) is 39.6 Å². The summed E-state index contributed by atoms with van der Waals surface area (Å²) in [6, 6.07) is 17.6. The second-order valence-electron chi connectivity index (χ2n) is 10.6. The molecule has 0 saturated heterocycles. The van der Waals surface area contributed by atoms with Crippen LogP contribution in [0.3, 0.4) is 0 Å². The second-order valence-corrected chi connectivity index (χ2v) is 10.6. The Morgan fingerprint density at radius 3 is 2.45 bits per heavy atom. The Morgan fingerprint density at radius 1 is 0.929 bits per heavy atom. The van der Waals surface area contributed by atoms with Gasteiger partial charge in [0.1, 0.15) is 18.5 Å². The van der Waals surface area contributed by atoms with Crippen LogP contribution in [0.4, 0.5) is 5.82 Å². The minimum Gasteiger partial charge on any atom is -0.487 e. The van der Waals surface area contributed by atoms with Crippen molar-refractivity contribution in [3.05, 3.63) is 86.6 Å². The van der Waals surface area contributed by atoms with Crippen molar-refractivity contribution in [2.24, 2.45) is 0 Å². The number of carbonyl (C=O) groups is 1. The summed E-state index contributed by atoms with van der Waals surface area (Å²) in [5.41, 5.74) is 1.37. The zero-order valence-electron chi connectivity index (χ0n) is 25.3. The van der Waals surface area contributed by atoms with Gasteiger partial charge in [-0.3, -0.25) is 14.2 Å². The highest BCUT2D eigenvalue weighted by Gasteiger charge is 2.14. The summed E-state index contributed by atoms with van der Waals surface area (Å²) in [4.78, 5) is 37.8. The highest BCUT2D eigenvalue weighted by Crippen LogP contribution is 2.17. The fraction of sp³-hybridized carbons (Fsp3) is 0.515. The first-order valence-electron chi connectivity index (χ1n) is 15.3. The number of aromatic nitrogens is 3. The molecule has 1 heterocycles.